The van der Waals surface area contributed by atoms with Crippen LogP contribution in [-0.4, -0.2) is 30.4 Å². The Hall–Kier alpha value is -1.26. The number of anilines is 1. The second-order valence-corrected chi connectivity index (χ2v) is 4.58. The largest absolute Gasteiger partial charge is 0.373 e. The van der Waals surface area contributed by atoms with Gasteiger partial charge in [-0.15, -0.1) is 11.3 Å². The molecule has 6 heteroatoms. The third-order valence-electron chi connectivity index (χ3n) is 2.54. The van der Waals surface area contributed by atoms with Crippen LogP contribution >= 0.6 is 11.3 Å². The second-order valence-electron chi connectivity index (χ2n) is 3.74. The summed E-state index contributed by atoms with van der Waals surface area (Å²) >= 11 is 1.63. The molecule has 0 aliphatic carbocycles. The molecule has 1 aliphatic rings. The third-order valence-corrected chi connectivity index (χ3v) is 3.49. The van der Waals surface area contributed by atoms with Gasteiger partial charge in [-0.1, -0.05) is 6.92 Å². The van der Waals surface area contributed by atoms with Gasteiger partial charge in [0.05, 0.1) is 12.2 Å². The van der Waals surface area contributed by atoms with Crippen LogP contribution in [0.1, 0.15) is 25.5 Å². The molecule has 1 aromatic rings. The molecule has 1 unspecified atom stereocenters. The standard InChI is InChI=1S/C10H15FN2S.CO2/c1-2-9-7-14-10(12-9)13-5-3-4-8(11)6-13;2-1-3/h7-8H,2-6H2,1H3;. The molecule has 0 spiro atoms. The van der Waals surface area contributed by atoms with Crippen LogP contribution in [0.3, 0.4) is 0 Å². The number of aromatic nitrogens is 1. The first-order chi connectivity index (χ1) is 8.21. The average molecular weight is 258 g/mol. The molecule has 0 radical (unpaired) electrons. The maximum Gasteiger partial charge on any atom is 0.373 e. The summed E-state index contributed by atoms with van der Waals surface area (Å²) in [6.07, 6.45) is 2.20. The van der Waals surface area contributed by atoms with Gasteiger partial charge in [0.25, 0.3) is 0 Å². The minimum absolute atomic E-state index is 0.250. The van der Waals surface area contributed by atoms with E-state index < -0.39 is 6.17 Å². The van der Waals surface area contributed by atoms with E-state index in [9.17, 15) is 4.39 Å². The van der Waals surface area contributed by atoms with Crippen LogP contribution in [0.2, 0.25) is 0 Å². The summed E-state index contributed by atoms with van der Waals surface area (Å²) in [7, 11) is 0. The van der Waals surface area contributed by atoms with E-state index in [0.29, 0.717) is 13.0 Å². The Bertz CT molecular complexity index is 377. The van der Waals surface area contributed by atoms with Crippen LogP contribution < -0.4 is 4.90 Å². The summed E-state index contributed by atoms with van der Waals surface area (Å²) < 4.78 is 13.1. The monoisotopic (exact) mass is 258 g/mol. The first-order valence-corrected chi connectivity index (χ1v) is 6.42. The van der Waals surface area contributed by atoms with E-state index in [4.69, 9.17) is 9.59 Å². The topological polar surface area (TPSA) is 50.3 Å². The van der Waals surface area contributed by atoms with Gasteiger partial charge in [-0.25, -0.2) is 9.37 Å². The van der Waals surface area contributed by atoms with Gasteiger partial charge in [0.2, 0.25) is 0 Å². The minimum atomic E-state index is -0.669. The summed E-state index contributed by atoms with van der Waals surface area (Å²) in [6.45, 7) is 3.57. The van der Waals surface area contributed by atoms with Crippen molar-refractivity contribution in [3.05, 3.63) is 11.1 Å². The van der Waals surface area contributed by atoms with Gasteiger partial charge in [0, 0.05) is 11.9 Å². The first kappa shape index (κ1) is 13.8. The van der Waals surface area contributed by atoms with Crippen molar-refractivity contribution in [1.29, 1.82) is 0 Å². The number of alkyl halides is 1. The van der Waals surface area contributed by atoms with E-state index in [1.165, 1.54) is 0 Å². The van der Waals surface area contributed by atoms with Gasteiger partial charge in [-0.3, -0.25) is 0 Å². The fourth-order valence-corrected chi connectivity index (χ4v) is 2.65. The highest BCUT2D eigenvalue weighted by Gasteiger charge is 2.21. The van der Waals surface area contributed by atoms with Gasteiger partial charge in [0.15, 0.2) is 5.13 Å². The fraction of sp³-hybridized carbons (Fsp3) is 0.636. The molecule has 0 bridgehead atoms. The van der Waals surface area contributed by atoms with Crippen LogP contribution in [0.15, 0.2) is 5.38 Å². The number of hydrogen-bond donors (Lipinski definition) is 0. The highest BCUT2D eigenvalue weighted by atomic mass is 32.1. The minimum Gasteiger partial charge on any atom is -0.345 e. The summed E-state index contributed by atoms with van der Waals surface area (Å²) in [5.74, 6) is 0. The summed E-state index contributed by atoms with van der Waals surface area (Å²) in [5.41, 5.74) is 1.12. The Morgan fingerprint density at radius 2 is 2.35 bits per heavy atom. The van der Waals surface area contributed by atoms with Crippen molar-refractivity contribution in [2.75, 3.05) is 18.0 Å². The second kappa shape index (κ2) is 7.14. The molecular weight excluding hydrogens is 243 g/mol. The first-order valence-electron chi connectivity index (χ1n) is 5.54. The van der Waals surface area contributed by atoms with Crippen molar-refractivity contribution in [3.63, 3.8) is 0 Å². The van der Waals surface area contributed by atoms with Gasteiger partial charge >= 0.3 is 6.15 Å². The van der Waals surface area contributed by atoms with Crippen LogP contribution in [0.4, 0.5) is 9.52 Å². The van der Waals surface area contributed by atoms with E-state index in [-0.39, 0.29) is 6.15 Å². The quantitative estimate of drug-likeness (QED) is 0.814. The third kappa shape index (κ3) is 4.24. The number of rotatable bonds is 2. The molecule has 0 N–H and O–H groups in total. The average Bonchev–Trinajstić information content (AvgIpc) is 2.78. The highest BCUT2D eigenvalue weighted by Crippen LogP contribution is 2.25. The Labute approximate surface area is 103 Å². The van der Waals surface area contributed by atoms with Crippen LogP contribution in [0.25, 0.3) is 0 Å². The van der Waals surface area contributed by atoms with E-state index in [0.717, 1.165) is 30.2 Å². The molecule has 1 saturated heterocycles. The zero-order valence-electron chi connectivity index (χ0n) is 9.69. The smallest absolute Gasteiger partial charge is 0.345 e. The van der Waals surface area contributed by atoms with Crippen LogP contribution in [-0.2, 0) is 16.0 Å². The number of piperidine rings is 1. The molecule has 94 valence electrons. The molecule has 17 heavy (non-hydrogen) atoms. The van der Waals surface area contributed by atoms with E-state index in [1.807, 2.05) is 0 Å². The van der Waals surface area contributed by atoms with Crippen molar-refractivity contribution in [1.82, 2.24) is 4.98 Å². The number of halogens is 1. The van der Waals surface area contributed by atoms with Crippen molar-refractivity contribution in [2.45, 2.75) is 32.4 Å². The van der Waals surface area contributed by atoms with E-state index in [2.05, 4.69) is 22.2 Å². The van der Waals surface area contributed by atoms with E-state index >= 15 is 0 Å². The zero-order chi connectivity index (χ0) is 12.7. The van der Waals surface area contributed by atoms with E-state index in [1.54, 1.807) is 11.3 Å². The van der Waals surface area contributed by atoms with Crippen molar-refractivity contribution < 1.29 is 14.0 Å². The molecule has 0 saturated carbocycles. The molecule has 1 atom stereocenters. The maximum atomic E-state index is 13.1. The molecule has 0 aromatic carbocycles. The van der Waals surface area contributed by atoms with Gasteiger partial charge < -0.3 is 4.90 Å². The molecule has 1 aliphatic heterocycles. The fourth-order valence-electron chi connectivity index (χ4n) is 1.70. The summed E-state index contributed by atoms with van der Waals surface area (Å²) in [4.78, 5) is 22.8. The molecule has 0 amide bonds. The Balaban J connectivity index is 0.000000437. The SMILES string of the molecule is CCc1csc(N2CCCC(F)C2)n1.O=C=O. The molecule has 1 aromatic heterocycles. The van der Waals surface area contributed by atoms with Crippen molar-refractivity contribution in [2.24, 2.45) is 0 Å². The van der Waals surface area contributed by atoms with Gasteiger partial charge in [0.1, 0.15) is 6.17 Å². The lowest BCUT2D eigenvalue weighted by Gasteiger charge is -2.28. The Morgan fingerprint density at radius 3 is 2.88 bits per heavy atom. The van der Waals surface area contributed by atoms with Gasteiger partial charge in [-0.05, 0) is 19.3 Å². The summed E-state index contributed by atoms with van der Waals surface area (Å²) in [5, 5.41) is 3.06. The molecule has 4 nitrogen and oxygen atoms in total. The lowest BCUT2D eigenvalue weighted by Crippen LogP contribution is -2.36. The predicted octanol–water partition coefficient (Wildman–Crippen LogP) is 2.06. The Kier molecular flexibility index (Phi) is 5.80. The number of nitrogens with zero attached hydrogens (tertiary/aromatic N) is 2. The highest BCUT2D eigenvalue weighted by molar-refractivity contribution is 7.13. The normalized spacial score (nSPS) is 19.2. The molecule has 2 heterocycles. The zero-order valence-corrected chi connectivity index (χ0v) is 10.5. The van der Waals surface area contributed by atoms with Crippen molar-refractivity contribution in [3.8, 4) is 0 Å². The van der Waals surface area contributed by atoms with Crippen LogP contribution in [0, 0.1) is 0 Å². The predicted molar refractivity (Wildman–Crippen MR) is 62.8 cm³/mol. The lowest BCUT2D eigenvalue weighted by molar-refractivity contribution is -0.191. The summed E-state index contributed by atoms with van der Waals surface area (Å²) in [6, 6.07) is 0. The van der Waals surface area contributed by atoms with Crippen LogP contribution in [0.5, 0.6) is 0 Å². The number of carbonyl (C=O) groups excluding carboxylic acids is 2. The number of hydrogen-bond acceptors (Lipinski definition) is 5. The molecule has 1 fully saturated rings. The Morgan fingerprint density at radius 1 is 1.65 bits per heavy atom. The van der Waals surface area contributed by atoms with Gasteiger partial charge in [-0.2, -0.15) is 9.59 Å². The number of aryl methyl sites for hydroxylation is 1. The molecular formula is C11H15FN2O2S. The maximum absolute atomic E-state index is 13.1. The lowest BCUT2D eigenvalue weighted by atomic mass is 10.1. The molecule has 2 rings (SSSR count). The van der Waals surface area contributed by atoms with Crippen molar-refractivity contribution >= 4 is 22.6 Å². The number of thiazole rings is 1.